The summed E-state index contributed by atoms with van der Waals surface area (Å²) >= 11 is 0. The van der Waals surface area contributed by atoms with E-state index in [9.17, 15) is 14.0 Å². The topological polar surface area (TPSA) is 78.4 Å². The molecule has 3 N–H and O–H groups in total. The van der Waals surface area contributed by atoms with Crippen LogP contribution in [-0.2, 0) is 4.79 Å². The smallest absolute Gasteiger partial charge is 0.337 e. The average molecular weight is 282 g/mol. The fourth-order valence-corrected chi connectivity index (χ4v) is 1.65. The summed E-state index contributed by atoms with van der Waals surface area (Å²) in [5, 5.41) is 14.6. The second-order valence-electron chi connectivity index (χ2n) is 4.76. The van der Waals surface area contributed by atoms with Crippen molar-refractivity contribution in [2.45, 2.75) is 32.7 Å². The first-order chi connectivity index (χ1) is 9.40. The highest BCUT2D eigenvalue weighted by Crippen LogP contribution is 2.17. The van der Waals surface area contributed by atoms with Crippen LogP contribution in [0.4, 0.5) is 10.1 Å². The number of anilines is 1. The molecule has 0 aliphatic rings. The lowest BCUT2D eigenvalue weighted by atomic mass is 10.1. The van der Waals surface area contributed by atoms with Gasteiger partial charge in [-0.05, 0) is 31.2 Å². The van der Waals surface area contributed by atoms with Gasteiger partial charge in [0.15, 0.2) is 0 Å². The number of carbonyl (C=O) groups is 2. The van der Waals surface area contributed by atoms with Gasteiger partial charge in [0.25, 0.3) is 0 Å². The van der Waals surface area contributed by atoms with E-state index in [-0.39, 0.29) is 23.6 Å². The van der Waals surface area contributed by atoms with Crippen LogP contribution in [0.5, 0.6) is 0 Å². The highest BCUT2D eigenvalue weighted by molar-refractivity contribution is 6.00. The SMILES string of the molecule is CC(C)NCCCC(=O)Nc1ccc(F)cc1C(=O)O. The molecule has 6 heteroatoms. The first kappa shape index (κ1) is 16.1. The number of carboxylic acid groups (broad SMARTS) is 1. The largest absolute Gasteiger partial charge is 0.478 e. The van der Waals surface area contributed by atoms with E-state index in [1.54, 1.807) is 0 Å². The van der Waals surface area contributed by atoms with E-state index >= 15 is 0 Å². The summed E-state index contributed by atoms with van der Waals surface area (Å²) in [6.07, 6.45) is 0.920. The molecule has 0 saturated carbocycles. The number of benzene rings is 1. The van der Waals surface area contributed by atoms with E-state index in [1.165, 1.54) is 6.07 Å². The fraction of sp³-hybridized carbons (Fsp3) is 0.429. The van der Waals surface area contributed by atoms with Crippen molar-refractivity contribution in [2.75, 3.05) is 11.9 Å². The van der Waals surface area contributed by atoms with Crippen molar-refractivity contribution in [3.8, 4) is 0 Å². The minimum absolute atomic E-state index is 0.112. The van der Waals surface area contributed by atoms with Crippen molar-refractivity contribution < 1.29 is 19.1 Å². The molecule has 0 aromatic heterocycles. The number of hydrogen-bond donors (Lipinski definition) is 3. The number of nitrogens with one attached hydrogen (secondary N) is 2. The molecular weight excluding hydrogens is 263 g/mol. The molecule has 0 spiro atoms. The molecule has 1 rings (SSSR count). The number of amides is 1. The van der Waals surface area contributed by atoms with Gasteiger partial charge in [-0.15, -0.1) is 0 Å². The summed E-state index contributed by atoms with van der Waals surface area (Å²) in [6.45, 7) is 4.73. The summed E-state index contributed by atoms with van der Waals surface area (Å²) in [5.74, 6) is -2.22. The van der Waals surface area contributed by atoms with Crippen molar-refractivity contribution in [1.29, 1.82) is 0 Å². The first-order valence-corrected chi connectivity index (χ1v) is 6.46. The first-order valence-electron chi connectivity index (χ1n) is 6.46. The van der Waals surface area contributed by atoms with Crippen LogP contribution in [0.1, 0.15) is 37.0 Å². The number of aromatic carboxylic acids is 1. The van der Waals surface area contributed by atoms with Gasteiger partial charge in [0.1, 0.15) is 5.82 Å². The van der Waals surface area contributed by atoms with E-state index in [4.69, 9.17) is 5.11 Å². The van der Waals surface area contributed by atoms with Gasteiger partial charge in [-0.1, -0.05) is 13.8 Å². The zero-order valence-electron chi connectivity index (χ0n) is 11.6. The summed E-state index contributed by atoms with van der Waals surface area (Å²) in [4.78, 5) is 22.7. The predicted molar refractivity (Wildman–Crippen MR) is 74.4 cm³/mol. The number of rotatable bonds is 7. The van der Waals surface area contributed by atoms with Crippen molar-refractivity contribution >= 4 is 17.6 Å². The highest BCUT2D eigenvalue weighted by atomic mass is 19.1. The Balaban J connectivity index is 2.55. The molecule has 0 unspecified atom stereocenters. The molecule has 20 heavy (non-hydrogen) atoms. The van der Waals surface area contributed by atoms with Gasteiger partial charge in [0.2, 0.25) is 5.91 Å². The van der Waals surface area contributed by atoms with E-state index in [2.05, 4.69) is 10.6 Å². The van der Waals surface area contributed by atoms with Gasteiger partial charge in [-0.25, -0.2) is 9.18 Å². The molecule has 0 aliphatic heterocycles. The Kier molecular flexibility index (Phi) is 6.11. The van der Waals surface area contributed by atoms with Gasteiger partial charge in [0.05, 0.1) is 11.3 Å². The minimum Gasteiger partial charge on any atom is -0.478 e. The van der Waals surface area contributed by atoms with Gasteiger partial charge in [0, 0.05) is 12.5 Å². The average Bonchev–Trinajstić information content (AvgIpc) is 2.36. The Morgan fingerprint density at radius 3 is 2.65 bits per heavy atom. The van der Waals surface area contributed by atoms with Crippen LogP contribution in [0.2, 0.25) is 0 Å². The van der Waals surface area contributed by atoms with E-state index in [1.807, 2.05) is 13.8 Å². The molecule has 0 radical (unpaired) electrons. The van der Waals surface area contributed by atoms with Gasteiger partial charge in [-0.2, -0.15) is 0 Å². The third-order valence-electron chi connectivity index (χ3n) is 2.62. The maximum Gasteiger partial charge on any atom is 0.337 e. The third-order valence-corrected chi connectivity index (χ3v) is 2.62. The second kappa shape index (κ2) is 7.59. The molecule has 1 amide bonds. The lowest BCUT2D eigenvalue weighted by Gasteiger charge is -2.10. The standard InChI is InChI=1S/C14H19FN2O3/c1-9(2)16-7-3-4-13(18)17-12-6-5-10(15)8-11(12)14(19)20/h5-6,8-9,16H,3-4,7H2,1-2H3,(H,17,18)(H,19,20). The van der Waals surface area contributed by atoms with Crippen LogP contribution >= 0.6 is 0 Å². The molecule has 0 aliphatic carbocycles. The zero-order valence-corrected chi connectivity index (χ0v) is 11.6. The summed E-state index contributed by atoms with van der Waals surface area (Å²) in [6, 6.07) is 3.61. The Morgan fingerprint density at radius 2 is 2.05 bits per heavy atom. The molecule has 0 atom stereocenters. The van der Waals surface area contributed by atoms with Crippen LogP contribution in [0.15, 0.2) is 18.2 Å². The molecule has 110 valence electrons. The van der Waals surface area contributed by atoms with Crippen LogP contribution in [0, 0.1) is 5.82 Å². The summed E-state index contributed by atoms with van der Waals surface area (Å²) < 4.78 is 13.0. The van der Waals surface area contributed by atoms with Crippen molar-refractivity contribution in [2.24, 2.45) is 0 Å². The maximum atomic E-state index is 13.0. The Labute approximate surface area is 117 Å². The van der Waals surface area contributed by atoms with Crippen LogP contribution in [-0.4, -0.2) is 29.6 Å². The van der Waals surface area contributed by atoms with E-state index in [0.717, 1.165) is 12.1 Å². The fourth-order valence-electron chi connectivity index (χ4n) is 1.65. The minimum atomic E-state index is -1.28. The van der Waals surface area contributed by atoms with E-state index < -0.39 is 11.8 Å². The van der Waals surface area contributed by atoms with Crippen LogP contribution in [0.3, 0.4) is 0 Å². The molecule has 0 bridgehead atoms. The molecule has 0 heterocycles. The second-order valence-corrected chi connectivity index (χ2v) is 4.76. The quantitative estimate of drug-likeness (QED) is 0.670. The van der Waals surface area contributed by atoms with Crippen LogP contribution < -0.4 is 10.6 Å². The van der Waals surface area contributed by atoms with Crippen molar-refractivity contribution in [3.63, 3.8) is 0 Å². The van der Waals surface area contributed by atoms with Crippen molar-refractivity contribution in [3.05, 3.63) is 29.6 Å². The number of carbonyl (C=O) groups excluding carboxylic acids is 1. The third kappa shape index (κ3) is 5.36. The summed E-state index contributed by atoms with van der Waals surface area (Å²) in [7, 11) is 0. The normalized spacial score (nSPS) is 10.6. The van der Waals surface area contributed by atoms with Gasteiger partial charge >= 0.3 is 5.97 Å². The Hall–Kier alpha value is -1.95. The Morgan fingerprint density at radius 1 is 1.35 bits per heavy atom. The molecule has 0 saturated heterocycles. The van der Waals surface area contributed by atoms with Crippen LogP contribution in [0.25, 0.3) is 0 Å². The molecule has 1 aromatic carbocycles. The number of carboxylic acids is 1. The maximum absolute atomic E-state index is 13.0. The number of halogens is 1. The Bertz CT molecular complexity index is 489. The lowest BCUT2D eigenvalue weighted by Crippen LogP contribution is -2.25. The lowest BCUT2D eigenvalue weighted by molar-refractivity contribution is -0.116. The highest BCUT2D eigenvalue weighted by Gasteiger charge is 2.13. The zero-order chi connectivity index (χ0) is 15.1. The van der Waals surface area contributed by atoms with Gasteiger partial charge in [-0.3, -0.25) is 4.79 Å². The van der Waals surface area contributed by atoms with Crippen molar-refractivity contribution in [1.82, 2.24) is 5.32 Å². The number of hydrogen-bond acceptors (Lipinski definition) is 3. The molecule has 5 nitrogen and oxygen atoms in total. The molecule has 1 aromatic rings. The summed E-state index contributed by atoms with van der Waals surface area (Å²) in [5.41, 5.74) is -0.139. The molecule has 0 fully saturated rings. The monoisotopic (exact) mass is 282 g/mol. The van der Waals surface area contributed by atoms with E-state index in [0.29, 0.717) is 19.0 Å². The molecular formula is C14H19FN2O3. The van der Waals surface area contributed by atoms with Gasteiger partial charge < -0.3 is 15.7 Å². The predicted octanol–water partition coefficient (Wildman–Crippen LogP) is 2.24.